The van der Waals surface area contributed by atoms with Crippen molar-refractivity contribution in [3.63, 3.8) is 0 Å². The molecule has 3 atom stereocenters. The lowest BCUT2D eigenvalue weighted by molar-refractivity contribution is -0.137. The first-order valence-electron chi connectivity index (χ1n) is 12.2. The molecule has 1 N–H and O–H groups in total. The summed E-state index contributed by atoms with van der Waals surface area (Å²) < 4.78 is 50.5. The van der Waals surface area contributed by atoms with Crippen LogP contribution >= 0.6 is 0 Å². The average molecular weight is 546 g/mol. The van der Waals surface area contributed by atoms with Crippen molar-refractivity contribution in [3.05, 3.63) is 66.0 Å². The van der Waals surface area contributed by atoms with Gasteiger partial charge in [0.1, 0.15) is 18.5 Å². The monoisotopic (exact) mass is 545 g/mol. The SMILES string of the molecule is C.C[C@H](Nc1nccc(N2C(=O)OC[C@@H]2[C@@H](C)OC(C)(C)C)n1)c1ccc(-c2cccc(C(F)(F)F)c2)nc1. The summed E-state index contributed by atoms with van der Waals surface area (Å²) in [7, 11) is 0. The van der Waals surface area contributed by atoms with Gasteiger partial charge in [0, 0.05) is 18.0 Å². The summed E-state index contributed by atoms with van der Waals surface area (Å²) in [5.41, 5.74) is 0.460. The minimum Gasteiger partial charge on any atom is -0.447 e. The number of hydrogen-bond donors (Lipinski definition) is 1. The van der Waals surface area contributed by atoms with E-state index in [1.165, 1.54) is 11.0 Å². The topological polar surface area (TPSA) is 89.5 Å². The molecule has 4 rings (SSSR count). The van der Waals surface area contributed by atoms with Crippen molar-refractivity contribution < 1.29 is 27.4 Å². The molecule has 1 fully saturated rings. The number of alkyl halides is 3. The third-order valence-corrected chi connectivity index (χ3v) is 5.99. The van der Waals surface area contributed by atoms with Gasteiger partial charge in [-0.05, 0) is 64.4 Å². The number of rotatable bonds is 7. The van der Waals surface area contributed by atoms with E-state index in [0.29, 0.717) is 23.0 Å². The summed E-state index contributed by atoms with van der Waals surface area (Å²) in [6, 6.07) is 9.50. The maximum absolute atomic E-state index is 13.1. The number of carbonyl (C=O) groups excluding carboxylic acids is 1. The van der Waals surface area contributed by atoms with E-state index in [1.54, 1.807) is 36.7 Å². The largest absolute Gasteiger partial charge is 0.447 e. The van der Waals surface area contributed by atoms with Crippen LogP contribution in [0.2, 0.25) is 0 Å². The zero-order valence-corrected chi connectivity index (χ0v) is 21.8. The third-order valence-electron chi connectivity index (χ3n) is 5.99. The summed E-state index contributed by atoms with van der Waals surface area (Å²) in [5, 5.41) is 3.19. The first-order valence-corrected chi connectivity index (χ1v) is 12.2. The second-order valence-electron chi connectivity index (χ2n) is 10.1. The summed E-state index contributed by atoms with van der Waals surface area (Å²) >= 11 is 0. The van der Waals surface area contributed by atoms with Crippen molar-refractivity contribution in [2.24, 2.45) is 0 Å². The maximum atomic E-state index is 13.1. The quantitative estimate of drug-likeness (QED) is 0.346. The lowest BCUT2D eigenvalue weighted by Gasteiger charge is -2.31. The van der Waals surface area contributed by atoms with Crippen LogP contribution in [0, 0.1) is 0 Å². The van der Waals surface area contributed by atoms with Gasteiger partial charge in [-0.25, -0.2) is 9.78 Å². The highest BCUT2D eigenvalue weighted by atomic mass is 19.4. The summed E-state index contributed by atoms with van der Waals surface area (Å²) in [6.45, 7) is 9.79. The van der Waals surface area contributed by atoms with Gasteiger partial charge in [-0.15, -0.1) is 0 Å². The molecule has 1 aromatic carbocycles. The highest BCUT2D eigenvalue weighted by Gasteiger charge is 2.40. The van der Waals surface area contributed by atoms with E-state index in [4.69, 9.17) is 9.47 Å². The Hall–Kier alpha value is -3.73. The number of benzene rings is 1. The second kappa shape index (κ2) is 11.6. The van der Waals surface area contributed by atoms with E-state index in [9.17, 15) is 18.0 Å². The number of amides is 1. The van der Waals surface area contributed by atoms with E-state index in [0.717, 1.165) is 17.7 Å². The number of ether oxygens (including phenoxy) is 2. The molecule has 1 amide bonds. The first kappa shape index (κ1) is 29.8. The van der Waals surface area contributed by atoms with Crippen LogP contribution in [-0.4, -0.2) is 45.4 Å². The van der Waals surface area contributed by atoms with Crippen LogP contribution in [0.1, 0.15) is 59.2 Å². The molecule has 0 aliphatic carbocycles. The van der Waals surface area contributed by atoms with Gasteiger partial charge in [0.25, 0.3) is 0 Å². The molecular weight excluding hydrogens is 511 g/mol. The van der Waals surface area contributed by atoms with E-state index >= 15 is 0 Å². The molecule has 1 aliphatic heterocycles. The number of anilines is 2. The van der Waals surface area contributed by atoms with Crippen molar-refractivity contribution >= 4 is 17.9 Å². The molecule has 0 saturated carbocycles. The maximum Gasteiger partial charge on any atom is 0.416 e. The minimum atomic E-state index is -4.42. The number of nitrogens with zero attached hydrogens (tertiary/aromatic N) is 4. The van der Waals surface area contributed by atoms with E-state index < -0.39 is 23.4 Å². The minimum absolute atomic E-state index is 0. The number of carbonyl (C=O) groups is 1. The summed E-state index contributed by atoms with van der Waals surface area (Å²) in [6.07, 6.45) is -2.09. The molecule has 1 aliphatic rings. The Morgan fingerprint density at radius 2 is 1.85 bits per heavy atom. The Morgan fingerprint density at radius 3 is 2.49 bits per heavy atom. The standard InChI is InChI=1S/C27H30F3N5O3.CH4/c1-16(19-9-10-21(32-14-19)18-7-6-8-20(13-18)27(28,29)30)33-24-31-12-11-23(34-24)35-22(15-37-25(35)36)17(2)38-26(3,4)5;/h6-14,16-17,22H,15H2,1-5H3,(H,31,33,34);1H4/t16-,17+,22+;/m0./s1. The van der Waals surface area contributed by atoms with Gasteiger partial charge in [0.15, 0.2) is 0 Å². The molecule has 0 radical (unpaired) electrons. The zero-order chi connectivity index (χ0) is 27.7. The van der Waals surface area contributed by atoms with Crippen molar-refractivity contribution in [2.75, 3.05) is 16.8 Å². The van der Waals surface area contributed by atoms with Crippen LogP contribution in [0.25, 0.3) is 11.3 Å². The van der Waals surface area contributed by atoms with Gasteiger partial charge in [-0.3, -0.25) is 9.88 Å². The van der Waals surface area contributed by atoms with Gasteiger partial charge < -0.3 is 14.8 Å². The highest BCUT2D eigenvalue weighted by molar-refractivity contribution is 5.89. The number of halogens is 3. The van der Waals surface area contributed by atoms with Gasteiger partial charge in [0.2, 0.25) is 5.95 Å². The fourth-order valence-electron chi connectivity index (χ4n) is 4.20. The van der Waals surface area contributed by atoms with E-state index in [2.05, 4.69) is 20.3 Å². The predicted octanol–water partition coefficient (Wildman–Crippen LogP) is 6.90. The Balaban J connectivity index is 0.00000420. The molecule has 0 unspecified atom stereocenters. The van der Waals surface area contributed by atoms with Crippen LogP contribution in [0.15, 0.2) is 54.9 Å². The molecule has 11 heteroatoms. The summed E-state index contributed by atoms with van der Waals surface area (Å²) in [5.74, 6) is 0.671. The van der Waals surface area contributed by atoms with E-state index in [-0.39, 0.29) is 32.2 Å². The molecule has 210 valence electrons. The second-order valence-corrected chi connectivity index (χ2v) is 10.1. The molecule has 0 spiro atoms. The molecule has 39 heavy (non-hydrogen) atoms. The molecule has 3 heterocycles. The average Bonchev–Trinajstić information content (AvgIpc) is 3.24. The summed E-state index contributed by atoms with van der Waals surface area (Å²) in [4.78, 5) is 27.1. The number of nitrogens with one attached hydrogen (secondary N) is 1. The number of pyridine rings is 1. The molecule has 8 nitrogen and oxygen atoms in total. The van der Waals surface area contributed by atoms with E-state index in [1.807, 2.05) is 34.6 Å². The van der Waals surface area contributed by atoms with Crippen LogP contribution in [0.4, 0.5) is 29.7 Å². The molecule has 1 saturated heterocycles. The Bertz CT molecular complexity index is 1280. The van der Waals surface area contributed by atoms with Crippen LogP contribution in [0.5, 0.6) is 0 Å². The molecule has 2 aromatic heterocycles. The van der Waals surface area contributed by atoms with Gasteiger partial charge in [0.05, 0.1) is 29.0 Å². The lowest BCUT2D eigenvalue weighted by Crippen LogP contribution is -2.45. The Morgan fingerprint density at radius 1 is 1.10 bits per heavy atom. The van der Waals surface area contributed by atoms with Crippen LogP contribution in [-0.2, 0) is 15.7 Å². The van der Waals surface area contributed by atoms with Gasteiger partial charge in [-0.2, -0.15) is 18.2 Å². The zero-order valence-electron chi connectivity index (χ0n) is 21.8. The van der Waals surface area contributed by atoms with Crippen molar-refractivity contribution in [1.82, 2.24) is 15.0 Å². The number of cyclic esters (lactones) is 1. The van der Waals surface area contributed by atoms with Crippen molar-refractivity contribution in [3.8, 4) is 11.3 Å². The highest BCUT2D eigenvalue weighted by Crippen LogP contribution is 2.32. The molecule has 0 bridgehead atoms. The number of aromatic nitrogens is 3. The molecule has 3 aromatic rings. The predicted molar refractivity (Wildman–Crippen MR) is 143 cm³/mol. The van der Waals surface area contributed by atoms with Crippen LogP contribution < -0.4 is 10.2 Å². The van der Waals surface area contributed by atoms with Gasteiger partial charge >= 0.3 is 12.3 Å². The Kier molecular flexibility index (Phi) is 8.84. The van der Waals surface area contributed by atoms with Gasteiger partial charge in [-0.1, -0.05) is 25.6 Å². The molecular formula is C28H34F3N5O3. The van der Waals surface area contributed by atoms with Crippen LogP contribution in [0.3, 0.4) is 0 Å². The Labute approximate surface area is 226 Å². The third kappa shape index (κ3) is 7.23. The fourth-order valence-corrected chi connectivity index (χ4v) is 4.20. The lowest BCUT2D eigenvalue weighted by atomic mass is 10.1. The normalized spacial score (nSPS) is 17.3. The first-order chi connectivity index (χ1) is 17.8. The fraction of sp³-hybridized carbons (Fsp3) is 0.429. The smallest absolute Gasteiger partial charge is 0.416 e. The van der Waals surface area contributed by atoms with Crippen molar-refractivity contribution in [1.29, 1.82) is 0 Å². The van der Waals surface area contributed by atoms with Crippen molar-refractivity contribution in [2.45, 2.75) is 72.0 Å². The number of hydrogen-bond acceptors (Lipinski definition) is 7.